The molecule has 138 valence electrons. The highest BCUT2D eigenvalue weighted by Gasteiger charge is 2.25. The van der Waals surface area contributed by atoms with Gasteiger partial charge in [-0.05, 0) is 24.8 Å². The van der Waals surface area contributed by atoms with E-state index in [0.29, 0.717) is 18.1 Å². The van der Waals surface area contributed by atoms with E-state index in [4.69, 9.17) is 0 Å². The number of rotatable bonds is 5. The van der Waals surface area contributed by atoms with Gasteiger partial charge in [-0.1, -0.05) is 36.4 Å². The molecule has 2 amide bonds. The first-order valence-electron chi connectivity index (χ1n) is 9.20. The molecule has 6 heteroatoms. The van der Waals surface area contributed by atoms with E-state index in [9.17, 15) is 9.59 Å². The first-order chi connectivity index (χ1) is 13.2. The van der Waals surface area contributed by atoms with E-state index in [1.165, 1.54) is 11.3 Å². The van der Waals surface area contributed by atoms with Gasteiger partial charge in [-0.15, -0.1) is 11.3 Å². The largest absolute Gasteiger partial charge is 0.312 e. The molecule has 1 saturated heterocycles. The zero-order valence-electron chi connectivity index (χ0n) is 15.2. The number of benzene rings is 2. The van der Waals surface area contributed by atoms with Crippen LogP contribution in [0.1, 0.15) is 25.5 Å². The van der Waals surface area contributed by atoms with E-state index in [2.05, 4.69) is 17.1 Å². The molecule has 5 nitrogen and oxygen atoms in total. The third kappa shape index (κ3) is 3.45. The molecule has 1 fully saturated rings. The second-order valence-corrected chi connectivity index (χ2v) is 7.42. The lowest BCUT2D eigenvalue weighted by atomic mass is 10.1. The number of fused-ring (bicyclic) bond motifs is 1. The second-order valence-electron chi connectivity index (χ2n) is 6.58. The molecule has 3 aromatic rings. The van der Waals surface area contributed by atoms with Crippen molar-refractivity contribution in [3.8, 4) is 0 Å². The highest BCUT2D eigenvalue weighted by molar-refractivity contribution is 7.14. The summed E-state index contributed by atoms with van der Waals surface area (Å²) in [5, 5.41) is 4.77. The van der Waals surface area contributed by atoms with Crippen LogP contribution in [0.3, 0.4) is 0 Å². The van der Waals surface area contributed by atoms with Crippen LogP contribution in [0.15, 0.2) is 47.8 Å². The molecule has 0 atom stereocenters. The van der Waals surface area contributed by atoms with Crippen molar-refractivity contribution in [3.63, 3.8) is 0 Å². The predicted molar refractivity (Wildman–Crippen MR) is 109 cm³/mol. The minimum absolute atomic E-state index is 0.0125. The Morgan fingerprint density at radius 2 is 2.04 bits per heavy atom. The van der Waals surface area contributed by atoms with Gasteiger partial charge in [0, 0.05) is 30.3 Å². The van der Waals surface area contributed by atoms with Gasteiger partial charge in [-0.25, -0.2) is 4.98 Å². The van der Waals surface area contributed by atoms with Crippen molar-refractivity contribution in [3.05, 3.63) is 53.5 Å². The quantitative estimate of drug-likeness (QED) is 0.673. The van der Waals surface area contributed by atoms with E-state index in [1.807, 2.05) is 47.5 Å². The van der Waals surface area contributed by atoms with Crippen LogP contribution < -0.4 is 9.80 Å². The van der Waals surface area contributed by atoms with Crippen LogP contribution >= 0.6 is 11.3 Å². The number of thiazole rings is 1. The fourth-order valence-electron chi connectivity index (χ4n) is 3.53. The van der Waals surface area contributed by atoms with Crippen molar-refractivity contribution in [1.82, 2.24) is 4.98 Å². The Hall–Kier alpha value is -2.73. The van der Waals surface area contributed by atoms with Crippen molar-refractivity contribution in [2.75, 3.05) is 22.9 Å². The third-order valence-corrected chi connectivity index (χ3v) is 5.76. The van der Waals surface area contributed by atoms with Gasteiger partial charge in [0.2, 0.25) is 11.8 Å². The molecule has 1 aliphatic rings. The first-order valence-corrected chi connectivity index (χ1v) is 10.1. The fraction of sp³-hybridized carbons (Fsp3) is 0.286. The maximum absolute atomic E-state index is 13.0. The van der Waals surface area contributed by atoms with Crippen molar-refractivity contribution >= 4 is 44.7 Å². The van der Waals surface area contributed by atoms with Crippen LogP contribution in [0.5, 0.6) is 0 Å². The Bertz CT molecular complexity index is 993. The number of anilines is 2. The van der Waals surface area contributed by atoms with Crippen molar-refractivity contribution in [2.45, 2.75) is 26.2 Å². The molecular formula is C21H21N3O2S. The molecule has 0 bridgehead atoms. The normalized spacial score (nSPS) is 14.1. The van der Waals surface area contributed by atoms with E-state index in [0.717, 1.165) is 35.1 Å². The molecule has 0 unspecified atom stereocenters. The SMILES string of the molecule is CCN(C(=O)Cc1csc(N2CCCC2=O)n1)c1cccc2ccccc12. The number of aromatic nitrogens is 1. The summed E-state index contributed by atoms with van der Waals surface area (Å²) in [6, 6.07) is 14.1. The van der Waals surface area contributed by atoms with E-state index in [-0.39, 0.29) is 18.2 Å². The zero-order valence-corrected chi connectivity index (χ0v) is 16.0. The number of hydrogen-bond acceptors (Lipinski definition) is 4. The summed E-state index contributed by atoms with van der Waals surface area (Å²) in [4.78, 5) is 32.9. The highest BCUT2D eigenvalue weighted by atomic mass is 32.1. The Labute approximate surface area is 162 Å². The topological polar surface area (TPSA) is 53.5 Å². The lowest BCUT2D eigenvalue weighted by molar-refractivity contribution is -0.118. The molecule has 0 saturated carbocycles. The van der Waals surface area contributed by atoms with Crippen LogP contribution in [-0.2, 0) is 16.0 Å². The molecule has 2 aromatic carbocycles. The highest BCUT2D eigenvalue weighted by Crippen LogP contribution is 2.28. The Balaban J connectivity index is 1.56. The number of carbonyl (C=O) groups is 2. The number of nitrogens with zero attached hydrogens (tertiary/aromatic N) is 3. The molecular weight excluding hydrogens is 358 g/mol. The summed E-state index contributed by atoms with van der Waals surface area (Å²) in [5.74, 6) is 0.131. The van der Waals surface area contributed by atoms with Gasteiger partial charge in [0.05, 0.1) is 17.8 Å². The summed E-state index contributed by atoms with van der Waals surface area (Å²) in [6.07, 6.45) is 1.69. The molecule has 2 heterocycles. The Morgan fingerprint density at radius 1 is 1.22 bits per heavy atom. The molecule has 0 N–H and O–H groups in total. The van der Waals surface area contributed by atoms with Gasteiger partial charge >= 0.3 is 0 Å². The number of amides is 2. The summed E-state index contributed by atoms with van der Waals surface area (Å²) in [6.45, 7) is 3.29. The summed E-state index contributed by atoms with van der Waals surface area (Å²) in [5.41, 5.74) is 1.64. The van der Waals surface area contributed by atoms with Gasteiger partial charge in [-0.3, -0.25) is 14.5 Å². The number of hydrogen-bond donors (Lipinski definition) is 0. The third-order valence-electron chi connectivity index (χ3n) is 4.85. The summed E-state index contributed by atoms with van der Waals surface area (Å²) >= 11 is 1.43. The summed E-state index contributed by atoms with van der Waals surface area (Å²) in [7, 11) is 0. The van der Waals surface area contributed by atoms with Gasteiger partial charge in [0.1, 0.15) is 0 Å². The second kappa shape index (κ2) is 7.48. The van der Waals surface area contributed by atoms with Gasteiger partial charge in [-0.2, -0.15) is 0 Å². The van der Waals surface area contributed by atoms with Crippen molar-refractivity contribution in [2.24, 2.45) is 0 Å². The van der Waals surface area contributed by atoms with Gasteiger partial charge in [0.25, 0.3) is 0 Å². The summed E-state index contributed by atoms with van der Waals surface area (Å²) < 4.78 is 0. The van der Waals surface area contributed by atoms with E-state index >= 15 is 0 Å². The molecule has 1 aromatic heterocycles. The average Bonchev–Trinajstić information content (AvgIpc) is 3.31. The van der Waals surface area contributed by atoms with Gasteiger partial charge in [0.15, 0.2) is 5.13 Å². The first kappa shape index (κ1) is 17.7. The minimum atomic E-state index is 0.0125. The van der Waals surface area contributed by atoms with Crippen LogP contribution in [0, 0.1) is 0 Å². The molecule has 4 rings (SSSR count). The smallest absolute Gasteiger partial charge is 0.233 e. The van der Waals surface area contributed by atoms with Crippen LogP contribution in [0.25, 0.3) is 10.8 Å². The maximum atomic E-state index is 13.0. The number of carbonyl (C=O) groups excluding carboxylic acids is 2. The minimum Gasteiger partial charge on any atom is -0.312 e. The Morgan fingerprint density at radius 3 is 2.81 bits per heavy atom. The van der Waals surface area contributed by atoms with Crippen LogP contribution in [0.4, 0.5) is 10.8 Å². The molecule has 1 aliphatic heterocycles. The standard InChI is InChI=1S/C21H21N3O2S/c1-2-23(18-10-5-8-15-7-3-4-9-17(15)18)20(26)13-16-14-27-21(22-16)24-12-6-11-19(24)25/h3-5,7-10,14H,2,6,11-13H2,1H3. The monoisotopic (exact) mass is 379 g/mol. The van der Waals surface area contributed by atoms with E-state index < -0.39 is 0 Å². The average molecular weight is 379 g/mol. The predicted octanol–water partition coefficient (Wildman–Crippen LogP) is 4.02. The lowest BCUT2D eigenvalue weighted by Crippen LogP contribution is -2.32. The molecule has 0 aliphatic carbocycles. The fourth-order valence-corrected chi connectivity index (χ4v) is 4.39. The molecule has 0 radical (unpaired) electrons. The van der Waals surface area contributed by atoms with Crippen molar-refractivity contribution < 1.29 is 9.59 Å². The number of likely N-dealkylation sites (N-methyl/N-ethyl adjacent to an activating group) is 1. The van der Waals surface area contributed by atoms with Crippen molar-refractivity contribution in [1.29, 1.82) is 0 Å². The van der Waals surface area contributed by atoms with Crippen LogP contribution in [0.2, 0.25) is 0 Å². The van der Waals surface area contributed by atoms with E-state index in [1.54, 1.807) is 4.90 Å². The zero-order chi connectivity index (χ0) is 18.8. The molecule has 27 heavy (non-hydrogen) atoms. The van der Waals surface area contributed by atoms with Gasteiger partial charge < -0.3 is 4.90 Å². The maximum Gasteiger partial charge on any atom is 0.233 e. The van der Waals surface area contributed by atoms with Crippen LogP contribution in [-0.4, -0.2) is 29.9 Å². The Kier molecular flexibility index (Phi) is 4.90. The molecule has 0 spiro atoms. The lowest BCUT2D eigenvalue weighted by Gasteiger charge is -2.22.